The number of hydrogen-bond donors (Lipinski definition) is 5. The molecule has 1 aromatic heterocycles. The second-order valence-corrected chi connectivity index (χ2v) is 6.52. The summed E-state index contributed by atoms with van der Waals surface area (Å²) in [6.45, 7) is 0. The third kappa shape index (κ3) is 2.87. The number of hydrogen-bond acceptors (Lipinski definition) is 6. The van der Waals surface area contributed by atoms with E-state index in [0.29, 0.717) is 20.4 Å². The number of halogens is 2. The molecule has 2 heterocycles. The van der Waals surface area contributed by atoms with Gasteiger partial charge in [-0.1, -0.05) is 11.6 Å². The number of carboxylic acids is 1. The van der Waals surface area contributed by atoms with Crippen molar-refractivity contribution in [2.24, 2.45) is 0 Å². The Morgan fingerprint density at radius 1 is 1.25 bits per heavy atom. The van der Waals surface area contributed by atoms with Gasteiger partial charge in [0.1, 0.15) is 24.1 Å². The smallest absolute Gasteiger partial charge is 0.335 e. The highest BCUT2D eigenvalue weighted by Crippen LogP contribution is 2.38. The lowest BCUT2D eigenvalue weighted by molar-refractivity contribution is -0.270. The third-order valence-corrected chi connectivity index (χ3v) is 5.04. The largest absolute Gasteiger partial charge is 0.479 e. The molecule has 0 amide bonds. The van der Waals surface area contributed by atoms with E-state index in [1.54, 1.807) is 12.1 Å². The van der Waals surface area contributed by atoms with Crippen LogP contribution in [0.3, 0.4) is 0 Å². The number of rotatable bonds is 3. The van der Waals surface area contributed by atoms with Crippen LogP contribution >= 0.6 is 27.5 Å². The Kier molecular flexibility index (Phi) is 4.73. The molecule has 1 aromatic carbocycles. The summed E-state index contributed by atoms with van der Waals surface area (Å²) in [5, 5.41) is 39.4. The molecule has 1 aliphatic heterocycles. The van der Waals surface area contributed by atoms with Crippen LogP contribution in [0.25, 0.3) is 10.9 Å². The second-order valence-electron chi connectivity index (χ2n) is 5.29. The van der Waals surface area contributed by atoms with Crippen molar-refractivity contribution >= 4 is 44.4 Å². The van der Waals surface area contributed by atoms with Gasteiger partial charge in [-0.15, -0.1) is 0 Å². The molecule has 10 heteroatoms. The number of nitrogens with one attached hydrogen (secondary N) is 1. The van der Waals surface area contributed by atoms with Gasteiger partial charge in [0.25, 0.3) is 0 Å². The fourth-order valence-electron chi connectivity index (χ4n) is 2.49. The Morgan fingerprint density at radius 3 is 2.62 bits per heavy atom. The number of aliphatic hydroxyl groups excluding tert-OH is 3. The van der Waals surface area contributed by atoms with Crippen LogP contribution in [0.1, 0.15) is 0 Å². The minimum Gasteiger partial charge on any atom is -0.479 e. The van der Waals surface area contributed by atoms with E-state index in [9.17, 15) is 20.1 Å². The van der Waals surface area contributed by atoms with Gasteiger partial charge in [0, 0.05) is 10.7 Å². The van der Waals surface area contributed by atoms with Crippen LogP contribution in [-0.4, -0.2) is 62.1 Å². The fraction of sp³-hybridized carbons (Fsp3) is 0.357. The first kappa shape index (κ1) is 17.5. The topological polar surface area (TPSA) is 132 Å². The SMILES string of the molecule is O=C(O)C1O[C@@H](Oc2c[nH]c3ccc(Br)c(Cl)c23)[C@H](O)C(O)[C@H]1O. The van der Waals surface area contributed by atoms with Crippen molar-refractivity contribution in [2.75, 3.05) is 0 Å². The maximum Gasteiger partial charge on any atom is 0.335 e. The summed E-state index contributed by atoms with van der Waals surface area (Å²) in [6, 6.07) is 3.48. The number of carboxylic acid groups (broad SMARTS) is 1. The molecule has 1 aliphatic rings. The van der Waals surface area contributed by atoms with E-state index < -0.39 is 36.7 Å². The average molecular weight is 423 g/mol. The molecule has 0 bridgehead atoms. The quantitative estimate of drug-likeness (QED) is 0.495. The second kappa shape index (κ2) is 6.51. The number of H-pyrrole nitrogens is 1. The highest BCUT2D eigenvalue weighted by molar-refractivity contribution is 9.10. The molecule has 0 radical (unpaired) electrons. The van der Waals surface area contributed by atoms with Gasteiger partial charge in [-0.25, -0.2) is 4.79 Å². The van der Waals surface area contributed by atoms with Gasteiger partial charge in [0.2, 0.25) is 6.29 Å². The lowest BCUT2D eigenvalue weighted by atomic mass is 9.99. The van der Waals surface area contributed by atoms with Gasteiger partial charge < -0.3 is 34.9 Å². The number of carbonyl (C=O) groups is 1. The molecule has 130 valence electrons. The van der Waals surface area contributed by atoms with Gasteiger partial charge in [-0.2, -0.15) is 0 Å². The number of aliphatic hydroxyl groups is 3. The molecule has 5 atom stereocenters. The van der Waals surface area contributed by atoms with Crippen LogP contribution in [0.4, 0.5) is 0 Å². The monoisotopic (exact) mass is 421 g/mol. The molecule has 1 fully saturated rings. The summed E-state index contributed by atoms with van der Waals surface area (Å²) in [5.74, 6) is -1.28. The molecule has 24 heavy (non-hydrogen) atoms. The summed E-state index contributed by atoms with van der Waals surface area (Å²) in [6.07, 6.45) is -6.94. The fourth-order valence-corrected chi connectivity index (χ4v) is 3.08. The van der Waals surface area contributed by atoms with Gasteiger partial charge >= 0.3 is 5.97 Å². The number of benzene rings is 1. The van der Waals surface area contributed by atoms with Crippen molar-refractivity contribution in [3.63, 3.8) is 0 Å². The number of aromatic nitrogens is 1. The van der Waals surface area contributed by atoms with E-state index in [-0.39, 0.29) is 5.75 Å². The number of fused-ring (bicyclic) bond motifs is 1. The maximum absolute atomic E-state index is 11.1. The molecule has 2 unspecified atom stereocenters. The lowest BCUT2D eigenvalue weighted by Gasteiger charge is -2.38. The lowest BCUT2D eigenvalue weighted by Crippen LogP contribution is -2.61. The molecule has 0 spiro atoms. The molecule has 0 saturated carbocycles. The van der Waals surface area contributed by atoms with E-state index >= 15 is 0 Å². The van der Waals surface area contributed by atoms with E-state index in [4.69, 9.17) is 26.2 Å². The van der Waals surface area contributed by atoms with Crippen molar-refractivity contribution in [1.29, 1.82) is 0 Å². The number of aliphatic carboxylic acids is 1. The van der Waals surface area contributed by atoms with Crippen LogP contribution < -0.4 is 4.74 Å². The van der Waals surface area contributed by atoms with Crippen molar-refractivity contribution in [3.8, 4) is 5.75 Å². The zero-order valence-corrected chi connectivity index (χ0v) is 14.2. The van der Waals surface area contributed by atoms with E-state index in [2.05, 4.69) is 20.9 Å². The molecule has 0 aliphatic carbocycles. The predicted molar refractivity (Wildman–Crippen MR) is 86.0 cm³/mol. The number of aromatic amines is 1. The zero-order chi connectivity index (χ0) is 17.6. The van der Waals surface area contributed by atoms with Gasteiger partial charge in [-0.3, -0.25) is 0 Å². The van der Waals surface area contributed by atoms with E-state index in [0.717, 1.165) is 0 Å². The summed E-state index contributed by atoms with van der Waals surface area (Å²) in [4.78, 5) is 14.0. The Hall–Kier alpha value is -1.36. The van der Waals surface area contributed by atoms with E-state index in [1.165, 1.54) is 6.20 Å². The van der Waals surface area contributed by atoms with Crippen molar-refractivity contribution in [1.82, 2.24) is 4.98 Å². The first-order valence-electron chi connectivity index (χ1n) is 6.85. The molecular formula is C14H13BrClNO7. The van der Waals surface area contributed by atoms with E-state index in [1.807, 2.05) is 0 Å². The molecule has 1 saturated heterocycles. The van der Waals surface area contributed by atoms with Crippen LogP contribution in [0.15, 0.2) is 22.8 Å². The summed E-state index contributed by atoms with van der Waals surface area (Å²) in [7, 11) is 0. The molecule has 3 rings (SSSR count). The normalized spacial score (nSPS) is 30.5. The van der Waals surface area contributed by atoms with Crippen molar-refractivity contribution in [2.45, 2.75) is 30.7 Å². The summed E-state index contributed by atoms with van der Waals surface area (Å²) in [5.41, 5.74) is 0.652. The maximum atomic E-state index is 11.1. The summed E-state index contributed by atoms with van der Waals surface area (Å²) < 4.78 is 11.2. The number of ether oxygens (including phenoxy) is 2. The molecule has 2 aromatic rings. The highest BCUT2D eigenvalue weighted by atomic mass is 79.9. The van der Waals surface area contributed by atoms with Gasteiger partial charge in [0.15, 0.2) is 6.10 Å². The summed E-state index contributed by atoms with van der Waals surface area (Å²) >= 11 is 9.51. The first-order valence-corrected chi connectivity index (χ1v) is 8.02. The zero-order valence-electron chi connectivity index (χ0n) is 11.9. The Bertz CT molecular complexity index is 782. The first-order chi connectivity index (χ1) is 11.3. The predicted octanol–water partition coefficient (Wildman–Crippen LogP) is 0.855. The molecule has 8 nitrogen and oxygen atoms in total. The van der Waals surface area contributed by atoms with Crippen LogP contribution in [0.5, 0.6) is 5.75 Å². The average Bonchev–Trinajstić information content (AvgIpc) is 2.94. The molecular weight excluding hydrogens is 410 g/mol. The Labute approximate surface area is 148 Å². The van der Waals surface area contributed by atoms with Crippen LogP contribution in [-0.2, 0) is 9.53 Å². The van der Waals surface area contributed by atoms with Gasteiger partial charge in [-0.05, 0) is 28.1 Å². The van der Waals surface area contributed by atoms with Crippen LogP contribution in [0.2, 0.25) is 5.02 Å². The highest BCUT2D eigenvalue weighted by Gasteiger charge is 2.48. The minimum atomic E-state index is -1.78. The third-order valence-electron chi connectivity index (χ3n) is 3.76. The van der Waals surface area contributed by atoms with Gasteiger partial charge in [0.05, 0.1) is 15.9 Å². The van der Waals surface area contributed by atoms with Crippen molar-refractivity contribution in [3.05, 3.63) is 27.8 Å². The standard InChI is InChI=1S/C14H13BrClNO7/c15-4-1-2-5-7(8(4)16)6(3-17-5)23-14-11(20)9(18)10(19)12(24-14)13(21)22/h1-3,9-12,14,17-20H,(H,21,22)/t9?,10-,11-,12?,14-/m1/s1. The Morgan fingerprint density at radius 2 is 1.96 bits per heavy atom. The molecule has 5 N–H and O–H groups in total. The minimum absolute atomic E-state index is 0.202. The van der Waals surface area contributed by atoms with Crippen molar-refractivity contribution < 1.29 is 34.7 Å². The Balaban J connectivity index is 1.93. The van der Waals surface area contributed by atoms with Crippen LogP contribution in [0, 0.1) is 0 Å².